The number of halogens is 1. The van der Waals surface area contributed by atoms with Crippen LogP contribution >= 0.6 is 15.9 Å². The molecule has 2 N–H and O–H groups in total. The number of aryl methyl sites for hydroxylation is 1. The van der Waals surface area contributed by atoms with Crippen LogP contribution in [0.15, 0.2) is 22.7 Å². The molecule has 0 bridgehead atoms. The lowest BCUT2D eigenvalue weighted by atomic mass is 10.2. The third-order valence-corrected chi connectivity index (χ3v) is 2.27. The third kappa shape index (κ3) is 3.36. The summed E-state index contributed by atoms with van der Waals surface area (Å²) in [7, 11) is 0. The van der Waals surface area contributed by atoms with E-state index in [9.17, 15) is 0 Å². The number of hydrogen-bond donors (Lipinski definition) is 2. The number of hydrogen-bond acceptors (Lipinski definition) is 2. The average Bonchev–Trinajstić information content (AvgIpc) is 2.02. The standard InChI is InChI=1S/C10H14BrNO/c1-7-5-9(11)3-4-10(7)12-6-8(2)13/h3-5,8,12-13H,6H2,1-2H3/t8-/m0/s1. The second-order valence-electron chi connectivity index (χ2n) is 3.19. The van der Waals surface area contributed by atoms with Crippen molar-refractivity contribution in [3.63, 3.8) is 0 Å². The molecule has 72 valence electrons. The molecule has 0 amide bonds. The summed E-state index contributed by atoms with van der Waals surface area (Å²) in [6.45, 7) is 4.39. The Balaban J connectivity index is 2.67. The molecule has 1 aromatic rings. The van der Waals surface area contributed by atoms with Gasteiger partial charge in [0.2, 0.25) is 0 Å². The van der Waals surface area contributed by atoms with Gasteiger partial charge in [-0.15, -0.1) is 0 Å². The van der Waals surface area contributed by atoms with E-state index in [0.717, 1.165) is 10.2 Å². The molecule has 0 fully saturated rings. The van der Waals surface area contributed by atoms with Crippen LogP contribution in [0, 0.1) is 6.92 Å². The van der Waals surface area contributed by atoms with Crippen molar-refractivity contribution in [2.75, 3.05) is 11.9 Å². The number of anilines is 1. The van der Waals surface area contributed by atoms with Crippen LogP contribution in [0.2, 0.25) is 0 Å². The van der Waals surface area contributed by atoms with Gasteiger partial charge in [-0.1, -0.05) is 15.9 Å². The molecule has 0 aromatic heterocycles. The first-order chi connectivity index (χ1) is 6.09. The van der Waals surface area contributed by atoms with Gasteiger partial charge < -0.3 is 10.4 Å². The summed E-state index contributed by atoms with van der Waals surface area (Å²) >= 11 is 3.40. The predicted octanol–water partition coefficient (Wildman–Crippen LogP) is 2.55. The van der Waals surface area contributed by atoms with E-state index in [2.05, 4.69) is 21.2 Å². The largest absolute Gasteiger partial charge is 0.392 e. The fourth-order valence-corrected chi connectivity index (χ4v) is 1.56. The predicted molar refractivity (Wildman–Crippen MR) is 59.0 cm³/mol. The van der Waals surface area contributed by atoms with Crippen LogP contribution in [0.25, 0.3) is 0 Å². The fourth-order valence-electron chi connectivity index (χ4n) is 1.08. The molecule has 0 saturated heterocycles. The lowest BCUT2D eigenvalue weighted by molar-refractivity contribution is 0.208. The maximum absolute atomic E-state index is 9.09. The molecule has 2 nitrogen and oxygen atoms in total. The summed E-state index contributed by atoms with van der Waals surface area (Å²) in [6, 6.07) is 6.03. The zero-order valence-electron chi connectivity index (χ0n) is 7.84. The van der Waals surface area contributed by atoms with Crippen LogP contribution in [0.4, 0.5) is 5.69 Å². The first-order valence-electron chi connectivity index (χ1n) is 4.27. The van der Waals surface area contributed by atoms with Gasteiger partial charge >= 0.3 is 0 Å². The highest BCUT2D eigenvalue weighted by Crippen LogP contribution is 2.19. The Hall–Kier alpha value is -0.540. The average molecular weight is 244 g/mol. The Bertz CT molecular complexity index is 286. The van der Waals surface area contributed by atoms with Gasteiger partial charge in [0.25, 0.3) is 0 Å². The van der Waals surface area contributed by atoms with Crippen molar-refractivity contribution in [2.24, 2.45) is 0 Å². The quantitative estimate of drug-likeness (QED) is 0.856. The highest BCUT2D eigenvalue weighted by atomic mass is 79.9. The molecule has 0 aliphatic heterocycles. The normalized spacial score (nSPS) is 12.6. The lowest BCUT2D eigenvalue weighted by Crippen LogP contribution is -2.15. The minimum absolute atomic E-state index is 0.317. The molecule has 0 heterocycles. The van der Waals surface area contributed by atoms with Crippen LogP contribution in [0.5, 0.6) is 0 Å². The van der Waals surface area contributed by atoms with E-state index in [1.54, 1.807) is 6.92 Å². The molecule has 0 aliphatic rings. The van der Waals surface area contributed by atoms with Gasteiger partial charge in [-0.3, -0.25) is 0 Å². The zero-order chi connectivity index (χ0) is 9.84. The van der Waals surface area contributed by atoms with E-state index in [1.165, 1.54) is 5.56 Å². The molecule has 13 heavy (non-hydrogen) atoms. The van der Waals surface area contributed by atoms with Gasteiger partial charge in [0.05, 0.1) is 6.10 Å². The van der Waals surface area contributed by atoms with Gasteiger partial charge in [-0.05, 0) is 37.6 Å². The second-order valence-corrected chi connectivity index (χ2v) is 4.10. The first kappa shape index (κ1) is 10.5. The van der Waals surface area contributed by atoms with Crippen LogP contribution in [-0.4, -0.2) is 17.8 Å². The molecular weight excluding hydrogens is 230 g/mol. The maximum atomic E-state index is 9.09. The Labute approximate surface area is 87.1 Å². The Morgan fingerprint density at radius 1 is 1.54 bits per heavy atom. The van der Waals surface area contributed by atoms with Crippen LogP contribution in [0.1, 0.15) is 12.5 Å². The van der Waals surface area contributed by atoms with Crippen molar-refractivity contribution in [1.82, 2.24) is 0 Å². The number of nitrogens with one attached hydrogen (secondary N) is 1. The van der Waals surface area contributed by atoms with Crippen LogP contribution < -0.4 is 5.32 Å². The SMILES string of the molecule is Cc1cc(Br)ccc1NC[C@H](C)O. The van der Waals surface area contributed by atoms with Crippen LogP contribution in [0.3, 0.4) is 0 Å². The number of aliphatic hydroxyl groups is 1. The minimum atomic E-state index is -0.317. The van der Waals surface area contributed by atoms with Gasteiger partial charge in [0.15, 0.2) is 0 Å². The number of rotatable bonds is 3. The van der Waals surface area contributed by atoms with Crippen molar-refractivity contribution in [1.29, 1.82) is 0 Å². The Kier molecular flexibility index (Phi) is 3.75. The summed E-state index contributed by atoms with van der Waals surface area (Å²) < 4.78 is 1.08. The number of aliphatic hydroxyl groups excluding tert-OH is 1. The second kappa shape index (κ2) is 4.63. The maximum Gasteiger partial charge on any atom is 0.0684 e. The highest BCUT2D eigenvalue weighted by molar-refractivity contribution is 9.10. The Morgan fingerprint density at radius 3 is 2.77 bits per heavy atom. The van der Waals surface area contributed by atoms with Gasteiger partial charge in [-0.2, -0.15) is 0 Å². The fraction of sp³-hybridized carbons (Fsp3) is 0.400. The van der Waals surface area contributed by atoms with E-state index >= 15 is 0 Å². The highest BCUT2D eigenvalue weighted by Gasteiger charge is 1.99. The summed E-state index contributed by atoms with van der Waals surface area (Å²) in [5, 5.41) is 12.3. The summed E-state index contributed by atoms with van der Waals surface area (Å²) in [5.41, 5.74) is 2.25. The van der Waals surface area contributed by atoms with Gasteiger partial charge in [0.1, 0.15) is 0 Å². The van der Waals surface area contributed by atoms with E-state index < -0.39 is 0 Å². The number of benzene rings is 1. The summed E-state index contributed by atoms with van der Waals surface area (Å²) in [6.07, 6.45) is -0.317. The van der Waals surface area contributed by atoms with Crippen molar-refractivity contribution in [2.45, 2.75) is 20.0 Å². The lowest BCUT2D eigenvalue weighted by Gasteiger charge is -2.11. The molecule has 1 aromatic carbocycles. The van der Waals surface area contributed by atoms with Crippen molar-refractivity contribution < 1.29 is 5.11 Å². The van der Waals surface area contributed by atoms with E-state index in [-0.39, 0.29) is 6.10 Å². The van der Waals surface area contributed by atoms with Crippen molar-refractivity contribution >= 4 is 21.6 Å². The van der Waals surface area contributed by atoms with E-state index in [1.807, 2.05) is 25.1 Å². The Morgan fingerprint density at radius 2 is 2.23 bits per heavy atom. The third-order valence-electron chi connectivity index (χ3n) is 1.78. The molecule has 0 spiro atoms. The molecule has 0 saturated carbocycles. The van der Waals surface area contributed by atoms with Crippen LogP contribution in [-0.2, 0) is 0 Å². The molecule has 0 unspecified atom stereocenters. The zero-order valence-corrected chi connectivity index (χ0v) is 9.43. The molecule has 0 aliphatic carbocycles. The van der Waals surface area contributed by atoms with Gasteiger partial charge in [-0.25, -0.2) is 0 Å². The van der Waals surface area contributed by atoms with E-state index in [0.29, 0.717) is 6.54 Å². The molecule has 1 rings (SSSR count). The van der Waals surface area contributed by atoms with E-state index in [4.69, 9.17) is 5.11 Å². The smallest absolute Gasteiger partial charge is 0.0684 e. The minimum Gasteiger partial charge on any atom is -0.392 e. The first-order valence-corrected chi connectivity index (χ1v) is 5.07. The van der Waals surface area contributed by atoms with Gasteiger partial charge in [0, 0.05) is 16.7 Å². The molecular formula is C10H14BrNO. The molecule has 1 atom stereocenters. The summed E-state index contributed by atoms with van der Waals surface area (Å²) in [5.74, 6) is 0. The topological polar surface area (TPSA) is 32.3 Å². The monoisotopic (exact) mass is 243 g/mol. The summed E-state index contributed by atoms with van der Waals surface area (Å²) in [4.78, 5) is 0. The molecule has 3 heteroatoms. The van der Waals surface area contributed by atoms with Crippen molar-refractivity contribution in [3.8, 4) is 0 Å². The molecule has 0 radical (unpaired) electrons. The van der Waals surface area contributed by atoms with Crippen molar-refractivity contribution in [3.05, 3.63) is 28.2 Å².